The second-order valence-electron chi connectivity index (χ2n) is 4.80. The van der Waals surface area contributed by atoms with Crippen molar-refractivity contribution >= 4 is 46.4 Å². The van der Waals surface area contributed by atoms with Crippen LogP contribution >= 0.6 is 34.8 Å². The molecule has 0 aromatic heterocycles. The second-order valence-corrected chi connectivity index (χ2v) is 6.08. The third-order valence-corrected chi connectivity index (χ3v) is 3.89. The lowest BCUT2D eigenvalue weighted by Crippen LogP contribution is -2.35. The number of amides is 1. The van der Waals surface area contributed by atoms with Crippen LogP contribution in [0.5, 0.6) is 5.75 Å². The molecule has 0 saturated heterocycles. The third-order valence-electron chi connectivity index (χ3n) is 3.11. The van der Waals surface area contributed by atoms with E-state index in [1.54, 1.807) is 36.4 Å². The fourth-order valence-electron chi connectivity index (χ4n) is 2.01. The number of ether oxygens (including phenoxy) is 1. The first kappa shape index (κ1) is 18.4. The van der Waals surface area contributed by atoms with Crippen LogP contribution in [-0.2, 0) is 4.79 Å². The Balaban J connectivity index is 2.13. The van der Waals surface area contributed by atoms with Crippen molar-refractivity contribution < 1.29 is 9.53 Å². The highest BCUT2D eigenvalue weighted by Gasteiger charge is 2.17. The van der Waals surface area contributed by atoms with Crippen molar-refractivity contribution in [2.75, 3.05) is 18.1 Å². The highest BCUT2D eigenvalue weighted by molar-refractivity contribution is 6.34. The first-order chi connectivity index (χ1) is 11.5. The lowest BCUT2D eigenvalue weighted by molar-refractivity contribution is -0.120. The van der Waals surface area contributed by atoms with Crippen molar-refractivity contribution in [2.24, 2.45) is 0 Å². The molecular weight excluding hydrogens is 371 g/mol. The Morgan fingerprint density at radius 3 is 2.58 bits per heavy atom. The molecule has 0 unspecified atom stereocenters. The number of nitriles is 1. The number of nitrogens with zero attached hydrogens (tertiary/aromatic N) is 2. The SMILES string of the molecule is N#CCCN(C(=O)COc1cc(Cl)ccc1Cl)c1cccc(Cl)c1. The standard InChI is InChI=1S/C17H13Cl3N2O2/c18-12-3-1-4-14(9-12)22(8-2-7-21)17(23)11-24-16-10-13(19)5-6-15(16)20/h1,3-6,9-10H,2,8,11H2. The minimum Gasteiger partial charge on any atom is -0.482 e. The minimum atomic E-state index is -0.316. The van der Waals surface area contributed by atoms with Gasteiger partial charge in [-0.1, -0.05) is 40.9 Å². The monoisotopic (exact) mass is 382 g/mol. The first-order valence-electron chi connectivity index (χ1n) is 7.02. The van der Waals surface area contributed by atoms with Crippen molar-refractivity contribution in [2.45, 2.75) is 6.42 Å². The van der Waals surface area contributed by atoms with Gasteiger partial charge in [-0.25, -0.2) is 0 Å². The van der Waals surface area contributed by atoms with Crippen LogP contribution in [0.4, 0.5) is 5.69 Å². The first-order valence-corrected chi connectivity index (χ1v) is 8.15. The maximum Gasteiger partial charge on any atom is 0.264 e. The van der Waals surface area contributed by atoms with Gasteiger partial charge in [-0.05, 0) is 30.3 Å². The van der Waals surface area contributed by atoms with E-state index in [0.29, 0.717) is 26.5 Å². The van der Waals surface area contributed by atoms with E-state index in [4.69, 9.17) is 44.8 Å². The molecule has 0 aliphatic heterocycles. The molecule has 124 valence electrons. The molecule has 0 aliphatic carbocycles. The van der Waals surface area contributed by atoms with Crippen LogP contribution in [0.2, 0.25) is 15.1 Å². The molecular formula is C17H13Cl3N2O2. The predicted molar refractivity (Wildman–Crippen MR) is 96.0 cm³/mol. The largest absolute Gasteiger partial charge is 0.482 e. The lowest BCUT2D eigenvalue weighted by atomic mass is 10.2. The molecule has 0 spiro atoms. The van der Waals surface area contributed by atoms with Crippen LogP contribution < -0.4 is 9.64 Å². The van der Waals surface area contributed by atoms with Crippen molar-refractivity contribution in [3.63, 3.8) is 0 Å². The fraction of sp³-hybridized carbons (Fsp3) is 0.176. The highest BCUT2D eigenvalue weighted by Crippen LogP contribution is 2.28. The van der Waals surface area contributed by atoms with Crippen LogP contribution in [0.15, 0.2) is 42.5 Å². The van der Waals surface area contributed by atoms with E-state index in [0.717, 1.165) is 0 Å². The molecule has 2 rings (SSSR count). The van der Waals surface area contributed by atoms with Gasteiger partial charge < -0.3 is 9.64 Å². The predicted octanol–water partition coefficient (Wildman–Crippen LogP) is 4.97. The van der Waals surface area contributed by atoms with E-state index in [2.05, 4.69) is 0 Å². The number of hydrogen-bond acceptors (Lipinski definition) is 3. The van der Waals surface area contributed by atoms with Gasteiger partial charge in [0.2, 0.25) is 0 Å². The van der Waals surface area contributed by atoms with Gasteiger partial charge in [0, 0.05) is 28.3 Å². The molecule has 1 amide bonds. The minimum absolute atomic E-state index is 0.191. The van der Waals surface area contributed by atoms with E-state index < -0.39 is 0 Å². The fourth-order valence-corrected chi connectivity index (χ4v) is 2.53. The molecule has 0 heterocycles. The summed E-state index contributed by atoms with van der Waals surface area (Å²) in [5.74, 6) is 0.00685. The van der Waals surface area contributed by atoms with Gasteiger partial charge in [-0.15, -0.1) is 0 Å². The van der Waals surface area contributed by atoms with Gasteiger partial charge in [0.25, 0.3) is 5.91 Å². The van der Waals surface area contributed by atoms with Crippen LogP contribution in [0.3, 0.4) is 0 Å². The summed E-state index contributed by atoms with van der Waals surface area (Å²) in [5, 5.41) is 10.1. The zero-order valence-electron chi connectivity index (χ0n) is 12.5. The van der Waals surface area contributed by atoms with Gasteiger partial charge in [0.15, 0.2) is 6.61 Å². The average molecular weight is 384 g/mol. The number of carbonyl (C=O) groups is 1. The number of rotatable bonds is 6. The zero-order chi connectivity index (χ0) is 17.5. The number of benzene rings is 2. The van der Waals surface area contributed by atoms with Gasteiger partial charge >= 0.3 is 0 Å². The van der Waals surface area contributed by atoms with E-state index in [9.17, 15) is 4.79 Å². The van der Waals surface area contributed by atoms with E-state index in [1.165, 1.54) is 11.0 Å². The van der Waals surface area contributed by atoms with Crippen LogP contribution in [0, 0.1) is 11.3 Å². The summed E-state index contributed by atoms with van der Waals surface area (Å²) in [7, 11) is 0. The Morgan fingerprint density at radius 1 is 1.12 bits per heavy atom. The maximum atomic E-state index is 12.5. The van der Waals surface area contributed by atoms with Crippen molar-refractivity contribution in [1.29, 1.82) is 5.26 Å². The van der Waals surface area contributed by atoms with Crippen LogP contribution in [0.25, 0.3) is 0 Å². The Hall–Kier alpha value is -1.93. The van der Waals surface area contributed by atoms with E-state index in [-0.39, 0.29) is 25.5 Å². The summed E-state index contributed by atoms with van der Waals surface area (Å²) >= 11 is 17.9. The lowest BCUT2D eigenvalue weighted by Gasteiger charge is -2.22. The summed E-state index contributed by atoms with van der Waals surface area (Å²) < 4.78 is 5.47. The zero-order valence-corrected chi connectivity index (χ0v) is 14.8. The molecule has 2 aromatic rings. The summed E-state index contributed by atoms with van der Waals surface area (Å²) in [6, 6.07) is 13.6. The summed E-state index contributed by atoms with van der Waals surface area (Å²) in [6.07, 6.45) is 0.191. The molecule has 0 saturated carbocycles. The van der Waals surface area contributed by atoms with Gasteiger partial charge in [-0.3, -0.25) is 4.79 Å². The van der Waals surface area contributed by atoms with Gasteiger partial charge in [0.1, 0.15) is 5.75 Å². The smallest absolute Gasteiger partial charge is 0.264 e. The number of carbonyl (C=O) groups excluding carboxylic acids is 1. The Bertz CT molecular complexity index is 775. The summed E-state index contributed by atoms with van der Waals surface area (Å²) in [6.45, 7) is 0.000315. The molecule has 0 N–H and O–H groups in total. The molecule has 0 radical (unpaired) electrons. The molecule has 24 heavy (non-hydrogen) atoms. The molecule has 0 bridgehead atoms. The maximum absolute atomic E-state index is 12.5. The second kappa shape index (κ2) is 8.79. The van der Waals surface area contributed by atoms with Crippen molar-refractivity contribution in [3.05, 3.63) is 57.5 Å². The van der Waals surface area contributed by atoms with Crippen molar-refractivity contribution in [1.82, 2.24) is 0 Å². The quantitative estimate of drug-likeness (QED) is 0.707. The van der Waals surface area contributed by atoms with E-state index >= 15 is 0 Å². The molecule has 7 heteroatoms. The molecule has 0 fully saturated rings. The summed E-state index contributed by atoms with van der Waals surface area (Å²) in [4.78, 5) is 14.0. The number of hydrogen-bond donors (Lipinski definition) is 0. The van der Waals surface area contributed by atoms with Crippen molar-refractivity contribution in [3.8, 4) is 11.8 Å². The van der Waals surface area contributed by atoms with Gasteiger partial charge in [0.05, 0.1) is 17.5 Å². The Morgan fingerprint density at radius 2 is 1.88 bits per heavy atom. The number of anilines is 1. The molecule has 4 nitrogen and oxygen atoms in total. The Kier molecular flexibility index (Phi) is 6.74. The molecule has 2 aromatic carbocycles. The Labute approximate surface area is 155 Å². The molecule has 0 aliphatic rings. The molecule has 0 atom stereocenters. The van der Waals surface area contributed by atoms with Crippen LogP contribution in [0.1, 0.15) is 6.42 Å². The van der Waals surface area contributed by atoms with Crippen LogP contribution in [-0.4, -0.2) is 19.1 Å². The topological polar surface area (TPSA) is 53.3 Å². The summed E-state index contributed by atoms with van der Waals surface area (Å²) in [5.41, 5.74) is 0.601. The highest BCUT2D eigenvalue weighted by atomic mass is 35.5. The number of halogens is 3. The van der Waals surface area contributed by atoms with E-state index in [1.807, 2.05) is 6.07 Å². The van der Waals surface area contributed by atoms with Gasteiger partial charge in [-0.2, -0.15) is 5.26 Å². The average Bonchev–Trinajstić information content (AvgIpc) is 2.56. The normalized spacial score (nSPS) is 10.1. The third kappa shape index (κ3) is 5.04.